The van der Waals surface area contributed by atoms with Gasteiger partial charge in [-0.2, -0.15) is 13.2 Å². The highest BCUT2D eigenvalue weighted by Crippen LogP contribution is 2.34. The van der Waals surface area contributed by atoms with Crippen molar-refractivity contribution in [2.75, 3.05) is 6.54 Å². The summed E-state index contributed by atoms with van der Waals surface area (Å²) >= 11 is 0. The predicted octanol–water partition coefficient (Wildman–Crippen LogP) is 3.27. The zero-order chi connectivity index (χ0) is 21.1. The lowest BCUT2D eigenvalue weighted by atomic mass is 10.0. The number of aliphatic hydroxyl groups is 1. The van der Waals surface area contributed by atoms with Crippen LogP contribution in [-0.4, -0.2) is 35.0 Å². The summed E-state index contributed by atoms with van der Waals surface area (Å²) in [7, 11) is 0. The van der Waals surface area contributed by atoms with E-state index in [2.05, 4.69) is 5.32 Å². The maximum Gasteiger partial charge on any atom is 0.416 e. The Morgan fingerprint density at radius 1 is 1.32 bits per heavy atom. The fourth-order valence-corrected chi connectivity index (χ4v) is 3.07. The molecular weight excluding hydrogens is 375 g/mol. The van der Waals surface area contributed by atoms with Crippen molar-refractivity contribution in [3.8, 4) is 5.75 Å². The number of halogens is 3. The minimum absolute atomic E-state index is 0.0358. The van der Waals surface area contributed by atoms with Gasteiger partial charge in [0.1, 0.15) is 17.1 Å². The average molecular weight is 401 g/mol. The van der Waals surface area contributed by atoms with Crippen LogP contribution in [0.5, 0.6) is 5.75 Å². The minimum atomic E-state index is -4.51. The standard InChI is InChI=1S/C20H26F3NO4/c1-19(2,3)28-17-7-5-14(20(21,22)23)8-13(17)10-16(26)11-24-18(27)12-4-6-15(25)9-12/h5,7-8,12,16,26H,4,6,9-11H2,1-3H3,(H,24,27). The number of amides is 1. The third-order valence-corrected chi connectivity index (χ3v) is 4.39. The van der Waals surface area contributed by atoms with Crippen molar-refractivity contribution in [3.63, 3.8) is 0 Å². The van der Waals surface area contributed by atoms with Gasteiger partial charge in [-0.05, 0) is 51.0 Å². The molecule has 0 spiro atoms. The SMILES string of the molecule is CC(C)(C)Oc1ccc(C(F)(F)F)cc1CC(O)CNC(=O)C1CCC(=O)C1. The molecule has 0 aliphatic heterocycles. The first-order valence-corrected chi connectivity index (χ1v) is 9.22. The van der Waals surface area contributed by atoms with Crippen LogP contribution in [-0.2, 0) is 22.2 Å². The number of carbonyl (C=O) groups excluding carboxylic acids is 2. The van der Waals surface area contributed by atoms with Crippen LogP contribution in [0, 0.1) is 5.92 Å². The molecule has 1 fully saturated rings. The average Bonchev–Trinajstić information content (AvgIpc) is 2.98. The number of nitrogens with one attached hydrogen (secondary N) is 1. The molecule has 0 bridgehead atoms. The van der Waals surface area contributed by atoms with Crippen LogP contribution in [0.15, 0.2) is 18.2 Å². The van der Waals surface area contributed by atoms with Gasteiger partial charge < -0.3 is 15.2 Å². The lowest BCUT2D eigenvalue weighted by Gasteiger charge is -2.25. The van der Waals surface area contributed by atoms with Crippen molar-refractivity contribution >= 4 is 11.7 Å². The number of hydrogen-bond donors (Lipinski definition) is 2. The fourth-order valence-electron chi connectivity index (χ4n) is 3.07. The maximum atomic E-state index is 13.0. The van der Waals surface area contributed by atoms with Crippen LogP contribution in [0.2, 0.25) is 0 Å². The van der Waals surface area contributed by atoms with Crippen LogP contribution in [0.1, 0.15) is 51.2 Å². The molecule has 5 nitrogen and oxygen atoms in total. The molecule has 0 aromatic heterocycles. The van der Waals surface area contributed by atoms with Gasteiger partial charge in [-0.25, -0.2) is 0 Å². The number of hydrogen-bond acceptors (Lipinski definition) is 4. The van der Waals surface area contributed by atoms with E-state index >= 15 is 0 Å². The minimum Gasteiger partial charge on any atom is -0.488 e. The Hall–Kier alpha value is -2.09. The first-order chi connectivity index (χ1) is 12.8. The monoisotopic (exact) mass is 401 g/mol. The summed E-state index contributed by atoms with van der Waals surface area (Å²) in [5, 5.41) is 12.8. The van der Waals surface area contributed by atoms with E-state index in [1.54, 1.807) is 20.8 Å². The smallest absolute Gasteiger partial charge is 0.416 e. The summed E-state index contributed by atoms with van der Waals surface area (Å²) in [5.41, 5.74) is -1.24. The molecule has 1 aromatic carbocycles. The summed E-state index contributed by atoms with van der Waals surface area (Å²) < 4.78 is 44.9. The maximum absolute atomic E-state index is 13.0. The molecule has 0 saturated heterocycles. The van der Waals surface area contributed by atoms with E-state index in [9.17, 15) is 27.9 Å². The number of aliphatic hydroxyl groups excluding tert-OH is 1. The number of Topliss-reactive ketones (excluding diaryl/α,β-unsaturated/α-hetero) is 1. The Morgan fingerprint density at radius 2 is 2.00 bits per heavy atom. The van der Waals surface area contributed by atoms with E-state index in [0.717, 1.165) is 12.1 Å². The van der Waals surface area contributed by atoms with Crippen LogP contribution < -0.4 is 10.1 Å². The molecule has 0 heterocycles. The van der Waals surface area contributed by atoms with Gasteiger partial charge in [0, 0.05) is 31.7 Å². The molecule has 1 aliphatic carbocycles. The molecule has 2 rings (SSSR count). The van der Waals surface area contributed by atoms with E-state index in [1.165, 1.54) is 6.07 Å². The van der Waals surface area contributed by atoms with Crippen molar-refractivity contribution in [2.45, 2.75) is 64.3 Å². The van der Waals surface area contributed by atoms with Gasteiger partial charge in [-0.3, -0.25) is 9.59 Å². The van der Waals surface area contributed by atoms with Crippen molar-refractivity contribution in [1.29, 1.82) is 0 Å². The van der Waals surface area contributed by atoms with E-state index < -0.39 is 29.4 Å². The molecule has 1 saturated carbocycles. The third kappa shape index (κ3) is 6.51. The first kappa shape index (κ1) is 22.2. The van der Waals surface area contributed by atoms with Gasteiger partial charge >= 0.3 is 6.18 Å². The second-order valence-corrected chi connectivity index (χ2v) is 8.12. The lowest BCUT2D eigenvalue weighted by Crippen LogP contribution is -2.36. The van der Waals surface area contributed by atoms with Gasteiger partial charge in [0.15, 0.2) is 0 Å². The summed E-state index contributed by atoms with van der Waals surface area (Å²) in [6, 6.07) is 3.15. The first-order valence-electron chi connectivity index (χ1n) is 9.22. The Kier molecular flexibility index (Phi) is 6.75. The molecule has 2 unspecified atom stereocenters. The highest BCUT2D eigenvalue weighted by atomic mass is 19.4. The molecule has 156 valence electrons. The van der Waals surface area contributed by atoms with Gasteiger partial charge in [0.25, 0.3) is 0 Å². The van der Waals surface area contributed by atoms with Crippen molar-refractivity contribution < 1.29 is 32.6 Å². The molecule has 2 atom stereocenters. The second-order valence-electron chi connectivity index (χ2n) is 8.12. The van der Waals surface area contributed by atoms with Gasteiger partial charge in [0.05, 0.1) is 11.7 Å². The largest absolute Gasteiger partial charge is 0.488 e. The van der Waals surface area contributed by atoms with Crippen molar-refractivity contribution in [2.24, 2.45) is 5.92 Å². The number of ketones is 1. The molecule has 28 heavy (non-hydrogen) atoms. The molecule has 1 amide bonds. The van der Waals surface area contributed by atoms with E-state index in [-0.39, 0.29) is 42.4 Å². The van der Waals surface area contributed by atoms with Crippen LogP contribution in [0.4, 0.5) is 13.2 Å². The quantitative estimate of drug-likeness (QED) is 0.767. The van der Waals surface area contributed by atoms with Gasteiger partial charge in [-0.15, -0.1) is 0 Å². The predicted molar refractivity (Wildman–Crippen MR) is 96.9 cm³/mol. The van der Waals surface area contributed by atoms with Crippen LogP contribution in [0.3, 0.4) is 0 Å². The van der Waals surface area contributed by atoms with Gasteiger partial charge in [-0.1, -0.05) is 0 Å². The van der Waals surface area contributed by atoms with Crippen LogP contribution >= 0.6 is 0 Å². The molecule has 8 heteroatoms. The van der Waals surface area contributed by atoms with Crippen molar-refractivity contribution in [3.05, 3.63) is 29.3 Å². The topological polar surface area (TPSA) is 75.6 Å². The number of carbonyl (C=O) groups is 2. The molecule has 2 N–H and O–H groups in total. The van der Waals surface area contributed by atoms with Crippen LogP contribution in [0.25, 0.3) is 0 Å². The number of ether oxygens (including phenoxy) is 1. The highest BCUT2D eigenvalue weighted by molar-refractivity contribution is 5.90. The zero-order valence-corrected chi connectivity index (χ0v) is 16.2. The number of alkyl halides is 3. The van der Waals surface area contributed by atoms with E-state index in [1.807, 2.05) is 0 Å². The summed E-state index contributed by atoms with van der Waals surface area (Å²) in [6.45, 7) is 5.20. The van der Waals surface area contributed by atoms with E-state index in [4.69, 9.17) is 4.74 Å². The van der Waals surface area contributed by atoms with Gasteiger partial charge in [0.2, 0.25) is 5.91 Å². The molecule has 0 radical (unpaired) electrons. The molecule has 1 aromatic rings. The Morgan fingerprint density at radius 3 is 2.54 bits per heavy atom. The molecule has 1 aliphatic rings. The molecular formula is C20H26F3NO4. The zero-order valence-electron chi connectivity index (χ0n) is 16.2. The fraction of sp³-hybridized carbons (Fsp3) is 0.600. The Bertz CT molecular complexity index is 725. The van der Waals surface area contributed by atoms with Crippen molar-refractivity contribution in [1.82, 2.24) is 5.32 Å². The Labute approximate surface area is 162 Å². The highest BCUT2D eigenvalue weighted by Gasteiger charge is 2.32. The Balaban J connectivity index is 2.06. The van der Waals surface area contributed by atoms with E-state index in [0.29, 0.717) is 12.8 Å². The summed E-state index contributed by atoms with van der Waals surface area (Å²) in [4.78, 5) is 23.3. The number of rotatable bonds is 6. The second kappa shape index (κ2) is 8.51. The summed E-state index contributed by atoms with van der Waals surface area (Å²) in [6.07, 6.45) is -4.66. The third-order valence-electron chi connectivity index (χ3n) is 4.39. The normalized spacial score (nSPS) is 18.8. The summed E-state index contributed by atoms with van der Waals surface area (Å²) in [5.74, 6) is -0.422. The number of benzene rings is 1. The lowest BCUT2D eigenvalue weighted by molar-refractivity contribution is -0.137.